The van der Waals surface area contributed by atoms with Gasteiger partial charge in [0.15, 0.2) is 0 Å². The molecule has 156 valence electrons. The molecule has 10 nitrogen and oxygen atoms in total. The Hall–Kier alpha value is -2.99. The van der Waals surface area contributed by atoms with Gasteiger partial charge >= 0.3 is 5.69 Å². The maximum atomic E-state index is 12.4. The van der Waals surface area contributed by atoms with Crippen LogP contribution in [-0.4, -0.2) is 23.3 Å². The average Bonchev–Trinajstić information content (AvgIpc) is 2.69. The number of nitrogens with zero attached hydrogens (tertiary/aromatic N) is 3. The third kappa shape index (κ3) is 4.94. The summed E-state index contributed by atoms with van der Waals surface area (Å²) in [7, 11) is -4.00. The summed E-state index contributed by atoms with van der Waals surface area (Å²) in [5.74, 6) is -0.529. The number of nitro groups is 1. The Bertz CT molecular complexity index is 1210. The Morgan fingerprint density at radius 2 is 1.67 bits per heavy atom. The lowest BCUT2D eigenvalue weighted by Crippen LogP contribution is -2.30. The Morgan fingerprint density at radius 3 is 2.30 bits per heavy atom. The third-order valence-corrected chi connectivity index (χ3v) is 5.82. The maximum absolute atomic E-state index is 12.4. The van der Waals surface area contributed by atoms with E-state index in [9.17, 15) is 18.5 Å². The highest BCUT2D eigenvalue weighted by Gasteiger charge is 2.25. The molecular formula is C17H14Cl2N6O4S. The molecule has 13 heteroatoms. The van der Waals surface area contributed by atoms with E-state index in [1.54, 1.807) is 18.2 Å². The van der Waals surface area contributed by atoms with E-state index in [4.69, 9.17) is 23.2 Å². The van der Waals surface area contributed by atoms with Crippen LogP contribution in [0.1, 0.15) is 5.56 Å². The van der Waals surface area contributed by atoms with Gasteiger partial charge in [-0.15, -0.1) is 4.83 Å². The number of benzene rings is 2. The molecule has 0 saturated carbocycles. The van der Waals surface area contributed by atoms with Crippen molar-refractivity contribution in [3.05, 3.63) is 74.5 Å². The van der Waals surface area contributed by atoms with Gasteiger partial charge in [-0.1, -0.05) is 40.9 Å². The monoisotopic (exact) mass is 468 g/mol. The maximum Gasteiger partial charge on any atom is 0.354 e. The molecule has 3 aromatic rings. The van der Waals surface area contributed by atoms with Gasteiger partial charge in [0.05, 0.1) is 19.9 Å². The summed E-state index contributed by atoms with van der Waals surface area (Å²) >= 11 is 11.8. The number of sulfonamides is 1. The zero-order chi connectivity index (χ0) is 21.9. The lowest BCUT2D eigenvalue weighted by molar-refractivity contribution is -0.383. The number of hydrazine groups is 1. The second kappa shape index (κ2) is 8.79. The van der Waals surface area contributed by atoms with Gasteiger partial charge in [0.25, 0.3) is 10.0 Å². The molecule has 30 heavy (non-hydrogen) atoms. The standard InChI is InChI=1S/C17H14Cl2N6O4S/c1-10-2-5-12(6-3-10)30(28,29)24-23-17-15(25(26)27)16(20-9-21-17)22-11-4-7-13(18)14(19)8-11/h2-9,24H,1H3,(H2,20,21,22,23). The Labute approximate surface area is 181 Å². The Balaban J connectivity index is 1.88. The van der Waals surface area contributed by atoms with Gasteiger partial charge in [0, 0.05) is 5.69 Å². The first-order chi connectivity index (χ1) is 14.2. The van der Waals surface area contributed by atoms with Crippen molar-refractivity contribution < 1.29 is 13.3 Å². The fraction of sp³-hybridized carbons (Fsp3) is 0.0588. The van der Waals surface area contributed by atoms with E-state index in [2.05, 4.69) is 25.5 Å². The quantitative estimate of drug-likeness (QED) is 0.348. The lowest BCUT2D eigenvalue weighted by atomic mass is 10.2. The van der Waals surface area contributed by atoms with Gasteiger partial charge in [-0.2, -0.15) is 0 Å². The highest BCUT2D eigenvalue weighted by molar-refractivity contribution is 7.89. The number of nitrogens with one attached hydrogen (secondary N) is 3. The molecule has 0 unspecified atom stereocenters. The van der Waals surface area contributed by atoms with Crippen LogP contribution < -0.4 is 15.6 Å². The molecule has 1 aromatic heterocycles. The van der Waals surface area contributed by atoms with Crippen LogP contribution in [0.4, 0.5) is 23.0 Å². The number of halogens is 2. The fourth-order valence-corrected chi connectivity index (χ4v) is 3.48. The molecule has 0 amide bonds. The molecule has 0 bridgehead atoms. The number of aromatic nitrogens is 2. The van der Waals surface area contributed by atoms with Crippen molar-refractivity contribution in [2.45, 2.75) is 11.8 Å². The first kappa shape index (κ1) is 21.7. The van der Waals surface area contributed by atoms with Gasteiger partial charge in [-0.3, -0.25) is 15.5 Å². The molecule has 3 N–H and O–H groups in total. The zero-order valence-corrected chi connectivity index (χ0v) is 17.6. The summed E-state index contributed by atoms with van der Waals surface area (Å²) in [5, 5.41) is 14.9. The van der Waals surface area contributed by atoms with E-state index >= 15 is 0 Å². The van der Waals surface area contributed by atoms with Crippen molar-refractivity contribution in [1.29, 1.82) is 0 Å². The second-order valence-corrected chi connectivity index (χ2v) is 8.47. The van der Waals surface area contributed by atoms with Crippen LogP contribution in [0.2, 0.25) is 10.0 Å². The van der Waals surface area contributed by atoms with Crippen molar-refractivity contribution in [3.8, 4) is 0 Å². The minimum Gasteiger partial charge on any atom is -0.334 e. The fourth-order valence-electron chi connectivity index (χ4n) is 2.34. The van der Waals surface area contributed by atoms with Crippen molar-refractivity contribution in [1.82, 2.24) is 14.8 Å². The summed E-state index contributed by atoms with van der Waals surface area (Å²) in [5.41, 5.74) is 2.97. The predicted molar refractivity (Wildman–Crippen MR) is 114 cm³/mol. The van der Waals surface area contributed by atoms with Crippen LogP contribution in [0.25, 0.3) is 0 Å². The van der Waals surface area contributed by atoms with Crippen molar-refractivity contribution in [2.75, 3.05) is 10.7 Å². The second-order valence-electron chi connectivity index (χ2n) is 5.97. The van der Waals surface area contributed by atoms with E-state index in [-0.39, 0.29) is 21.6 Å². The van der Waals surface area contributed by atoms with E-state index in [0.717, 1.165) is 11.9 Å². The van der Waals surface area contributed by atoms with E-state index < -0.39 is 20.6 Å². The van der Waals surface area contributed by atoms with Gasteiger partial charge < -0.3 is 5.32 Å². The molecule has 0 aliphatic heterocycles. The van der Waals surface area contributed by atoms with E-state index in [0.29, 0.717) is 10.7 Å². The van der Waals surface area contributed by atoms with Crippen LogP contribution in [0.15, 0.2) is 53.7 Å². The summed E-state index contributed by atoms with van der Waals surface area (Å²) in [6, 6.07) is 10.6. The van der Waals surface area contributed by atoms with Crippen LogP contribution in [0.3, 0.4) is 0 Å². The van der Waals surface area contributed by atoms with Crippen molar-refractivity contribution in [2.24, 2.45) is 0 Å². The number of aryl methyl sites for hydroxylation is 1. The van der Waals surface area contributed by atoms with Crippen LogP contribution in [0, 0.1) is 17.0 Å². The van der Waals surface area contributed by atoms with Gasteiger partial charge in [-0.25, -0.2) is 18.4 Å². The molecule has 0 spiro atoms. The Morgan fingerprint density at radius 1 is 1.00 bits per heavy atom. The predicted octanol–water partition coefficient (Wildman–Crippen LogP) is 4.05. The lowest BCUT2D eigenvalue weighted by Gasteiger charge is -2.12. The van der Waals surface area contributed by atoms with Crippen molar-refractivity contribution in [3.63, 3.8) is 0 Å². The highest BCUT2D eigenvalue weighted by Crippen LogP contribution is 2.32. The third-order valence-electron chi connectivity index (χ3n) is 3.82. The number of rotatable bonds is 7. The molecule has 0 fully saturated rings. The molecule has 0 saturated heterocycles. The topological polar surface area (TPSA) is 139 Å². The molecule has 0 atom stereocenters. The number of hydrogen-bond acceptors (Lipinski definition) is 8. The van der Waals surface area contributed by atoms with Crippen molar-refractivity contribution >= 4 is 56.2 Å². The highest BCUT2D eigenvalue weighted by atomic mass is 35.5. The molecular weight excluding hydrogens is 455 g/mol. The molecule has 3 rings (SSSR count). The number of anilines is 3. The SMILES string of the molecule is Cc1ccc(S(=O)(=O)NNc2ncnc(Nc3ccc(Cl)c(Cl)c3)c2[N+](=O)[O-])cc1. The van der Waals surface area contributed by atoms with Gasteiger partial charge in [0.2, 0.25) is 11.6 Å². The Kier molecular flexibility index (Phi) is 6.37. The zero-order valence-electron chi connectivity index (χ0n) is 15.3. The van der Waals surface area contributed by atoms with E-state index in [1.165, 1.54) is 24.3 Å². The summed E-state index contributed by atoms with van der Waals surface area (Å²) in [6.07, 6.45) is 1.04. The van der Waals surface area contributed by atoms with Gasteiger partial charge in [-0.05, 0) is 37.3 Å². The number of hydrogen-bond donors (Lipinski definition) is 3. The van der Waals surface area contributed by atoms with Crippen LogP contribution in [0.5, 0.6) is 0 Å². The minimum atomic E-state index is -4.00. The normalized spacial score (nSPS) is 11.2. The van der Waals surface area contributed by atoms with Crippen LogP contribution >= 0.6 is 23.2 Å². The summed E-state index contributed by atoms with van der Waals surface area (Å²) in [4.78, 5) is 20.5. The van der Waals surface area contributed by atoms with Gasteiger partial charge in [0.1, 0.15) is 6.33 Å². The molecule has 0 aliphatic rings. The molecule has 0 radical (unpaired) electrons. The largest absolute Gasteiger partial charge is 0.354 e. The van der Waals surface area contributed by atoms with Crippen LogP contribution in [-0.2, 0) is 10.0 Å². The first-order valence-electron chi connectivity index (χ1n) is 8.23. The summed E-state index contributed by atoms with van der Waals surface area (Å²) in [6.45, 7) is 1.81. The molecule has 0 aliphatic carbocycles. The smallest absolute Gasteiger partial charge is 0.334 e. The first-order valence-corrected chi connectivity index (χ1v) is 10.5. The minimum absolute atomic E-state index is 0.0218. The summed E-state index contributed by atoms with van der Waals surface area (Å²) < 4.78 is 24.8. The molecule has 1 heterocycles. The average molecular weight is 469 g/mol. The molecule has 2 aromatic carbocycles. The van der Waals surface area contributed by atoms with E-state index in [1.807, 2.05) is 6.92 Å².